The molecular weight excluding hydrogens is 442 g/mol. The summed E-state index contributed by atoms with van der Waals surface area (Å²) in [5.74, 6) is -1.62. The standard InChI is InChI=1S/C23H23ClF2N2O4/c24-17-6-5-16(11-18(17)26)32-13-20(30)27-22-7-9-23(10-8-22,19(29)12-22)28-21(31)14-1-3-15(25)4-2-14/h1-6,11,19,29H,7-10,12-13H2,(H,27,30)(H,28,31)/t19-,22?,23?/m0/s1. The topological polar surface area (TPSA) is 87.7 Å². The van der Waals surface area contributed by atoms with Crippen LogP contribution in [0.5, 0.6) is 5.75 Å². The predicted molar refractivity (Wildman–Crippen MR) is 113 cm³/mol. The van der Waals surface area contributed by atoms with Crippen LogP contribution in [-0.2, 0) is 4.79 Å². The van der Waals surface area contributed by atoms with E-state index in [1.54, 1.807) is 0 Å². The van der Waals surface area contributed by atoms with Crippen molar-refractivity contribution in [1.29, 1.82) is 0 Å². The molecule has 2 aromatic rings. The number of rotatable bonds is 6. The van der Waals surface area contributed by atoms with E-state index < -0.39 is 28.8 Å². The van der Waals surface area contributed by atoms with Crippen LogP contribution in [0.25, 0.3) is 0 Å². The van der Waals surface area contributed by atoms with Crippen molar-refractivity contribution in [2.45, 2.75) is 49.3 Å². The number of carbonyl (C=O) groups excluding carboxylic acids is 2. The van der Waals surface area contributed by atoms with Gasteiger partial charge < -0.3 is 20.5 Å². The fourth-order valence-electron chi connectivity index (χ4n) is 4.61. The van der Waals surface area contributed by atoms with Crippen molar-refractivity contribution < 1.29 is 28.2 Å². The molecule has 0 radical (unpaired) electrons. The van der Waals surface area contributed by atoms with E-state index in [2.05, 4.69) is 10.6 Å². The van der Waals surface area contributed by atoms with Gasteiger partial charge in [-0.15, -0.1) is 0 Å². The Hall–Kier alpha value is -2.71. The highest BCUT2D eigenvalue weighted by Gasteiger charge is 2.55. The van der Waals surface area contributed by atoms with E-state index in [-0.39, 0.29) is 35.6 Å². The molecule has 0 aliphatic heterocycles. The van der Waals surface area contributed by atoms with Gasteiger partial charge >= 0.3 is 0 Å². The smallest absolute Gasteiger partial charge is 0.258 e. The lowest BCUT2D eigenvalue weighted by atomic mass is 9.60. The second-order valence-corrected chi connectivity index (χ2v) is 8.94. The molecule has 2 bridgehead atoms. The lowest BCUT2D eigenvalue weighted by Crippen LogP contribution is -2.70. The Morgan fingerprint density at radius 3 is 2.38 bits per heavy atom. The van der Waals surface area contributed by atoms with Crippen LogP contribution in [0.4, 0.5) is 8.78 Å². The Kier molecular flexibility index (Phi) is 6.09. The van der Waals surface area contributed by atoms with Gasteiger partial charge in [0.15, 0.2) is 6.61 Å². The average molecular weight is 465 g/mol. The summed E-state index contributed by atoms with van der Waals surface area (Å²) in [4.78, 5) is 25.1. The summed E-state index contributed by atoms with van der Waals surface area (Å²) in [6, 6.07) is 9.16. The number of aliphatic hydroxyl groups is 1. The zero-order valence-corrected chi connectivity index (χ0v) is 17.9. The highest BCUT2D eigenvalue weighted by Crippen LogP contribution is 2.47. The number of aliphatic hydroxyl groups excluding tert-OH is 1. The highest BCUT2D eigenvalue weighted by atomic mass is 35.5. The Balaban J connectivity index is 1.34. The zero-order valence-electron chi connectivity index (χ0n) is 17.2. The van der Waals surface area contributed by atoms with Gasteiger partial charge in [0.25, 0.3) is 11.8 Å². The molecule has 0 aromatic heterocycles. The van der Waals surface area contributed by atoms with E-state index in [1.807, 2.05) is 0 Å². The van der Waals surface area contributed by atoms with Gasteiger partial charge in [-0.2, -0.15) is 0 Å². The summed E-state index contributed by atoms with van der Waals surface area (Å²) in [7, 11) is 0. The molecule has 1 atom stereocenters. The van der Waals surface area contributed by atoms with Gasteiger partial charge in [0.05, 0.1) is 16.7 Å². The minimum Gasteiger partial charge on any atom is -0.484 e. The number of ether oxygens (including phenoxy) is 1. The van der Waals surface area contributed by atoms with Crippen LogP contribution in [0.15, 0.2) is 42.5 Å². The Bertz CT molecular complexity index is 1020. The largest absolute Gasteiger partial charge is 0.484 e. The maximum absolute atomic E-state index is 13.5. The fraction of sp³-hybridized carbons (Fsp3) is 0.391. The van der Waals surface area contributed by atoms with Crippen LogP contribution in [0.2, 0.25) is 5.02 Å². The van der Waals surface area contributed by atoms with Crippen LogP contribution in [0.1, 0.15) is 42.5 Å². The number of hydrogen-bond acceptors (Lipinski definition) is 4. The van der Waals surface area contributed by atoms with Crippen LogP contribution in [0, 0.1) is 11.6 Å². The van der Waals surface area contributed by atoms with E-state index in [1.165, 1.54) is 36.4 Å². The quantitative estimate of drug-likeness (QED) is 0.611. The first-order valence-electron chi connectivity index (χ1n) is 10.4. The monoisotopic (exact) mass is 464 g/mol. The summed E-state index contributed by atoms with van der Waals surface area (Å²) in [5.41, 5.74) is -1.05. The summed E-state index contributed by atoms with van der Waals surface area (Å²) >= 11 is 5.64. The maximum atomic E-state index is 13.5. The van der Waals surface area contributed by atoms with E-state index in [0.29, 0.717) is 31.2 Å². The number of hydrogen-bond donors (Lipinski definition) is 3. The lowest BCUT2D eigenvalue weighted by Gasteiger charge is -2.56. The summed E-state index contributed by atoms with van der Waals surface area (Å²) in [6.07, 6.45) is 1.58. The number of nitrogens with one attached hydrogen (secondary N) is 2. The molecule has 3 aliphatic rings. The van der Waals surface area contributed by atoms with Gasteiger partial charge in [-0.05, 0) is 68.5 Å². The van der Waals surface area contributed by atoms with Crippen molar-refractivity contribution in [2.75, 3.05) is 6.61 Å². The molecule has 2 amide bonds. The second-order valence-electron chi connectivity index (χ2n) is 8.53. The van der Waals surface area contributed by atoms with E-state index in [4.69, 9.17) is 16.3 Å². The first-order valence-corrected chi connectivity index (χ1v) is 10.7. The minimum atomic E-state index is -0.846. The first kappa shape index (κ1) is 22.5. The van der Waals surface area contributed by atoms with Crippen LogP contribution in [-0.4, -0.2) is 40.7 Å². The average Bonchev–Trinajstić information content (AvgIpc) is 2.76. The molecule has 0 unspecified atom stereocenters. The highest BCUT2D eigenvalue weighted by molar-refractivity contribution is 6.30. The molecule has 2 aromatic carbocycles. The molecular formula is C23H23ClF2N2O4. The van der Waals surface area contributed by atoms with Gasteiger partial charge in [-0.3, -0.25) is 9.59 Å². The van der Waals surface area contributed by atoms with Gasteiger partial charge in [0, 0.05) is 17.2 Å². The first-order chi connectivity index (χ1) is 15.2. The van der Waals surface area contributed by atoms with Crippen molar-refractivity contribution >= 4 is 23.4 Å². The molecule has 3 saturated carbocycles. The van der Waals surface area contributed by atoms with Crippen molar-refractivity contribution in [3.05, 3.63) is 64.7 Å². The van der Waals surface area contributed by atoms with Crippen molar-refractivity contribution in [2.24, 2.45) is 0 Å². The Morgan fingerprint density at radius 2 is 1.75 bits per heavy atom. The normalized spacial score (nSPS) is 26.4. The third-order valence-electron chi connectivity index (χ3n) is 6.46. The molecule has 3 N–H and O–H groups in total. The molecule has 0 spiro atoms. The van der Waals surface area contributed by atoms with Gasteiger partial charge in [-0.25, -0.2) is 8.78 Å². The van der Waals surface area contributed by atoms with Crippen LogP contribution < -0.4 is 15.4 Å². The van der Waals surface area contributed by atoms with Crippen LogP contribution in [0.3, 0.4) is 0 Å². The molecule has 0 heterocycles. The molecule has 0 saturated heterocycles. The summed E-state index contributed by atoms with van der Waals surface area (Å²) in [6.45, 7) is -0.300. The Labute approximate surface area is 188 Å². The lowest BCUT2D eigenvalue weighted by molar-refractivity contribution is -0.129. The molecule has 170 valence electrons. The number of amides is 2. The number of halogens is 3. The van der Waals surface area contributed by atoms with Gasteiger partial charge in [-0.1, -0.05) is 11.6 Å². The van der Waals surface area contributed by atoms with E-state index in [9.17, 15) is 23.5 Å². The Morgan fingerprint density at radius 1 is 1.06 bits per heavy atom. The van der Waals surface area contributed by atoms with Crippen molar-refractivity contribution in [3.8, 4) is 5.75 Å². The van der Waals surface area contributed by atoms with Crippen molar-refractivity contribution in [3.63, 3.8) is 0 Å². The molecule has 3 fully saturated rings. The molecule has 9 heteroatoms. The van der Waals surface area contributed by atoms with Crippen LogP contribution >= 0.6 is 11.6 Å². The van der Waals surface area contributed by atoms with Gasteiger partial charge in [0.2, 0.25) is 0 Å². The van der Waals surface area contributed by atoms with E-state index >= 15 is 0 Å². The van der Waals surface area contributed by atoms with Crippen molar-refractivity contribution in [1.82, 2.24) is 10.6 Å². The van der Waals surface area contributed by atoms with E-state index in [0.717, 1.165) is 6.07 Å². The second kappa shape index (κ2) is 8.67. The molecule has 32 heavy (non-hydrogen) atoms. The fourth-order valence-corrected chi connectivity index (χ4v) is 4.73. The number of benzene rings is 2. The van der Waals surface area contributed by atoms with Gasteiger partial charge in [0.1, 0.15) is 17.4 Å². The third-order valence-corrected chi connectivity index (χ3v) is 6.76. The number of fused-ring (bicyclic) bond motifs is 3. The molecule has 5 rings (SSSR count). The minimum absolute atomic E-state index is 0.0332. The summed E-state index contributed by atoms with van der Waals surface area (Å²) in [5, 5.41) is 16.7. The molecule has 6 nitrogen and oxygen atoms in total. The summed E-state index contributed by atoms with van der Waals surface area (Å²) < 4.78 is 32.0. The SMILES string of the molecule is O=C(COc1ccc(Cl)c(F)c1)NC12CCC(NC(=O)c3ccc(F)cc3)(CC1)[C@@H](O)C2. The third kappa shape index (κ3) is 4.56. The molecule has 3 aliphatic carbocycles. The zero-order chi connectivity index (χ0) is 22.9. The number of carbonyl (C=O) groups is 2. The predicted octanol–water partition coefficient (Wildman–Crippen LogP) is 3.36. The maximum Gasteiger partial charge on any atom is 0.258 e.